The largest absolute Gasteiger partial charge is 0.487 e. The lowest BCUT2D eigenvalue weighted by Gasteiger charge is -2.10. The van der Waals surface area contributed by atoms with E-state index in [1.54, 1.807) is 6.92 Å². The highest BCUT2D eigenvalue weighted by atomic mass is 16.6. The lowest BCUT2D eigenvalue weighted by Crippen LogP contribution is -2.25. The minimum Gasteiger partial charge on any atom is -0.487 e. The van der Waals surface area contributed by atoms with Crippen LogP contribution in [0.1, 0.15) is 30.1 Å². The number of aliphatic hydroxyl groups excluding tert-OH is 1. The van der Waals surface area contributed by atoms with Crippen molar-refractivity contribution < 1.29 is 19.6 Å². The summed E-state index contributed by atoms with van der Waals surface area (Å²) in [7, 11) is 0. The summed E-state index contributed by atoms with van der Waals surface area (Å²) in [4.78, 5) is 22.4. The second-order valence-corrected chi connectivity index (χ2v) is 4.03. The van der Waals surface area contributed by atoms with Crippen molar-refractivity contribution in [1.29, 1.82) is 0 Å². The molecule has 1 amide bonds. The molecule has 110 valence electrons. The minimum absolute atomic E-state index is 0.0142. The number of nitrogens with zero attached hydrogens (tertiary/aromatic N) is 1. The van der Waals surface area contributed by atoms with Crippen LogP contribution in [0.3, 0.4) is 0 Å². The quantitative estimate of drug-likeness (QED) is 0.427. The predicted octanol–water partition coefficient (Wildman–Crippen LogP) is 1.50. The molecule has 0 aromatic heterocycles. The number of amides is 1. The van der Waals surface area contributed by atoms with E-state index in [2.05, 4.69) is 5.32 Å². The van der Waals surface area contributed by atoms with Crippen molar-refractivity contribution in [1.82, 2.24) is 5.32 Å². The van der Waals surface area contributed by atoms with Crippen molar-refractivity contribution in [2.75, 3.05) is 19.8 Å². The third-order valence-electron chi connectivity index (χ3n) is 2.59. The summed E-state index contributed by atoms with van der Waals surface area (Å²) in [6, 6.07) is 4.23. The van der Waals surface area contributed by atoms with Gasteiger partial charge in [-0.25, -0.2) is 0 Å². The number of hydrogen-bond acceptors (Lipinski definition) is 5. The Morgan fingerprint density at radius 3 is 2.80 bits per heavy atom. The first-order chi connectivity index (χ1) is 9.61. The summed E-state index contributed by atoms with van der Waals surface area (Å²) in [5.41, 5.74) is -0.0834. The Hall–Kier alpha value is -2.15. The molecule has 0 unspecified atom stereocenters. The van der Waals surface area contributed by atoms with Gasteiger partial charge in [0.2, 0.25) is 5.75 Å². The van der Waals surface area contributed by atoms with E-state index in [-0.39, 0.29) is 30.2 Å². The zero-order valence-electron chi connectivity index (χ0n) is 11.3. The number of nitro benzene ring substituents is 1. The van der Waals surface area contributed by atoms with Crippen LogP contribution in [0.4, 0.5) is 5.69 Å². The number of unbranched alkanes of at least 4 members (excludes halogenated alkanes) is 1. The van der Waals surface area contributed by atoms with E-state index >= 15 is 0 Å². The van der Waals surface area contributed by atoms with Gasteiger partial charge in [0.15, 0.2) is 0 Å². The van der Waals surface area contributed by atoms with Crippen LogP contribution >= 0.6 is 0 Å². The molecule has 7 nitrogen and oxygen atoms in total. The molecule has 0 aliphatic rings. The van der Waals surface area contributed by atoms with E-state index in [1.807, 2.05) is 0 Å². The van der Waals surface area contributed by atoms with E-state index in [9.17, 15) is 14.9 Å². The predicted molar refractivity (Wildman–Crippen MR) is 72.9 cm³/mol. The summed E-state index contributed by atoms with van der Waals surface area (Å²) in [6.45, 7) is 2.39. The Morgan fingerprint density at radius 2 is 2.20 bits per heavy atom. The van der Waals surface area contributed by atoms with E-state index in [0.717, 1.165) is 0 Å². The first kappa shape index (κ1) is 15.9. The van der Waals surface area contributed by atoms with Gasteiger partial charge in [-0.1, -0.05) is 6.07 Å². The Morgan fingerprint density at radius 1 is 1.45 bits per heavy atom. The van der Waals surface area contributed by atoms with Crippen LogP contribution in [-0.2, 0) is 0 Å². The molecule has 0 saturated heterocycles. The Kier molecular flexibility index (Phi) is 6.45. The topological polar surface area (TPSA) is 102 Å². The molecule has 7 heteroatoms. The Labute approximate surface area is 116 Å². The number of nitrogens with one attached hydrogen (secondary N) is 1. The van der Waals surface area contributed by atoms with Crippen molar-refractivity contribution in [3.63, 3.8) is 0 Å². The number of carbonyl (C=O) groups is 1. The summed E-state index contributed by atoms with van der Waals surface area (Å²) in [6.07, 6.45) is 1.23. The van der Waals surface area contributed by atoms with E-state index < -0.39 is 10.8 Å². The van der Waals surface area contributed by atoms with E-state index in [4.69, 9.17) is 9.84 Å². The molecule has 0 spiro atoms. The molecule has 1 aromatic rings. The third kappa shape index (κ3) is 4.20. The number of aliphatic hydroxyl groups is 1. The number of rotatable bonds is 8. The Balaban J connectivity index is 2.89. The number of ether oxygens (including phenoxy) is 1. The number of benzene rings is 1. The molecule has 0 aliphatic carbocycles. The van der Waals surface area contributed by atoms with Crippen molar-refractivity contribution in [2.24, 2.45) is 0 Å². The molecule has 1 rings (SSSR count). The first-order valence-electron chi connectivity index (χ1n) is 6.41. The lowest BCUT2D eigenvalue weighted by atomic mass is 10.1. The second-order valence-electron chi connectivity index (χ2n) is 4.03. The molecule has 0 radical (unpaired) electrons. The van der Waals surface area contributed by atoms with Gasteiger partial charge in [-0.2, -0.15) is 0 Å². The van der Waals surface area contributed by atoms with Crippen LogP contribution in [0.2, 0.25) is 0 Å². The monoisotopic (exact) mass is 282 g/mol. The first-order valence-corrected chi connectivity index (χ1v) is 6.41. The summed E-state index contributed by atoms with van der Waals surface area (Å²) in [5.74, 6) is -0.435. The highest BCUT2D eigenvalue weighted by molar-refractivity contribution is 5.98. The zero-order chi connectivity index (χ0) is 15.0. The normalized spacial score (nSPS) is 10.1. The molecule has 0 fully saturated rings. The second kappa shape index (κ2) is 8.11. The number of carbonyl (C=O) groups excluding carboxylic acids is 1. The molecular weight excluding hydrogens is 264 g/mol. The smallest absolute Gasteiger partial charge is 0.311 e. The SMILES string of the molecule is CCOc1c(C(=O)NCCCCO)cccc1[N+](=O)[O-]. The highest BCUT2D eigenvalue weighted by Gasteiger charge is 2.22. The zero-order valence-corrected chi connectivity index (χ0v) is 11.3. The molecular formula is C13H18N2O5. The third-order valence-corrected chi connectivity index (χ3v) is 2.59. The molecule has 20 heavy (non-hydrogen) atoms. The standard InChI is InChI=1S/C13H18N2O5/c1-2-20-12-10(6-5-7-11(12)15(18)19)13(17)14-8-3-4-9-16/h5-7,16H,2-4,8-9H2,1H3,(H,14,17). The van der Waals surface area contributed by atoms with Crippen LogP contribution in [0.15, 0.2) is 18.2 Å². The molecule has 0 heterocycles. The summed E-state index contributed by atoms with van der Waals surface area (Å²) < 4.78 is 5.24. The fourth-order valence-corrected chi connectivity index (χ4v) is 1.68. The van der Waals surface area contributed by atoms with Crippen molar-refractivity contribution in [3.05, 3.63) is 33.9 Å². The molecule has 0 bridgehead atoms. The average molecular weight is 282 g/mol. The van der Waals surface area contributed by atoms with Gasteiger partial charge in [0.05, 0.1) is 17.1 Å². The van der Waals surface area contributed by atoms with Gasteiger partial charge in [-0.05, 0) is 25.8 Å². The number of nitro groups is 1. The molecule has 0 saturated carbocycles. The maximum Gasteiger partial charge on any atom is 0.311 e. The maximum atomic E-state index is 12.0. The highest BCUT2D eigenvalue weighted by Crippen LogP contribution is 2.30. The van der Waals surface area contributed by atoms with E-state index in [0.29, 0.717) is 19.4 Å². The van der Waals surface area contributed by atoms with Gasteiger partial charge in [0.25, 0.3) is 5.91 Å². The van der Waals surface area contributed by atoms with Crippen molar-refractivity contribution >= 4 is 11.6 Å². The van der Waals surface area contributed by atoms with Crippen LogP contribution in [0, 0.1) is 10.1 Å². The molecule has 0 atom stereocenters. The van der Waals surface area contributed by atoms with Gasteiger partial charge in [0.1, 0.15) is 0 Å². The van der Waals surface area contributed by atoms with Crippen LogP contribution < -0.4 is 10.1 Å². The molecule has 0 aliphatic heterocycles. The summed E-state index contributed by atoms with van der Waals surface area (Å²) >= 11 is 0. The van der Waals surface area contributed by atoms with Gasteiger partial charge in [0, 0.05) is 19.2 Å². The van der Waals surface area contributed by atoms with Gasteiger partial charge < -0.3 is 15.2 Å². The fraction of sp³-hybridized carbons (Fsp3) is 0.462. The molecule has 2 N–H and O–H groups in total. The number of para-hydroxylation sites is 1. The van der Waals surface area contributed by atoms with Crippen LogP contribution in [0.5, 0.6) is 5.75 Å². The molecule has 1 aromatic carbocycles. The van der Waals surface area contributed by atoms with Gasteiger partial charge in [-0.3, -0.25) is 14.9 Å². The summed E-state index contributed by atoms with van der Waals surface area (Å²) in [5, 5.41) is 22.2. The van der Waals surface area contributed by atoms with Crippen molar-refractivity contribution in [3.8, 4) is 5.75 Å². The maximum absolute atomic E-state index is 12.0. The fourth-order valence-electron chi connectivity index (χ4n) is 1.68. The average Bonchev–Trinajstić information content (AvgIpc) is 2.43. The lowest BCUT2D eigenvalue weighted by molar-refractivity contribution is -0.385. The minimum atomic E-state index is -0.576. The Bertz CT molecular complexity index is 476. The van der Waals surface area contributed by atoms with Crippen LogP contribution in [0.25, 0.3) is 0 Å². The van der Waals surface area contributed by atoms with Gasteiger partial charge >= 0.3 is 5.69 Å². The van der Waals surface area contributed by atoms with Gasteiger partial charge in [-0.15, -0.1) is 0 Å². The van der Waals surface area contributed by atoms with Crippen molar-refractivity contribution in [2.45, 2.75) is 19.8 Å². The number of hydrogen-bond donors (Lipinski definition) is 2. The van der Waals surface area contributed by atoms with Crippen LogP contribution in [-0.4, -0.2) is 35.7 Å². The van der Waals surface area contributed by atoms with E-state index in [1.165, 1.54) is 18.2 Å².